The zero-order valence-electron chi connectivity index (χ0n) is 21.4. The Kier molecular flexibility index (Phi) is 5.29. The number of hydrogen-bond acceptors (Lipinski definition) is 2. The van der Waals surface area contributed by atoms with Gasteiger partial charge in [-0.25, -0.2) is 0 Å². The van der Waals surface area contributed by atoms with Crippen molar-refractivity contribution in [3.63, 3.8) is 0 Å². The lowest BCUT2D eigenvalue weighted by Crippen LogP contribution is -1.95. The van der Waals surface area contributed by atoms with Crippen molar-refractivity contribution < 1.29 is 0 Å². The molecule has 0 fully saturated rings. The van der Waals surface area contributed by atoms with Gasteiger partial charge in [0.25, 0.3) is 0 Å². The molecule has 6 aromatic carbocycles. The van der Waals surface area contributed by atoms with E-state index in [1.165, 1.54) is 43.8 Å². The Hall–Kier alpha value is -4.80. The smallest absolute Gasteiger partial charge is 0.169 e. The zero-order chi connectivity index (χ0) is 26.6. The van der Waals surface area contributed by atoms with Crippen LogP contribution in [0.4, 0.5) is 0 Å². The van der Waals surface area contributed by atoms with Crippen LogP contribution in [0.15, 0.2) is 138 Å². The van der Waals surface area contributed by atoms with Crippen molar-refractivity contribution >= 4 is 54.0 Å². The van der Waals surface area contributed by atoms with Crippen molar-refractivity contribution in [2.75, 3.05) is 0 Å². The SMILES string of the molecule is Brc1ccc(-c2nnc3c4ccccc4c4cc(-c5ccc(-c6cccc7ccccc67)cc5)ccc4n23)cc1. The molecule has 0 amide bonds. The number of fused-ring (bicyclic) bond motifs is 7. The Bertz CT molecular complexity index is 2210. The maximum Gasteiger partial charge on any atom is 0.169 e. The summed E-state index contributed by atoms with van der Waals surface area (Å²) in [6.07, 6.45) is 0. The molecule has 0 N–H and O–H groups in total. The third-order valence-electron chi connectivity index (χ3n) is 7.78. The zero-order valence-corrected chi connectivity index (χ0v) is 23.0. The molecule has 8 aromatic rings. The summed E-state index contributed by atoms with van der Waals surface area (Å²) >= 11 is 3.55. The van der Waals surface area contributed by atoms with Gasteiger partial charge in [-0.05, 0) is 62.7 Å². The first kappa shape index (κ1) is 23.1. The number of hydrogen-bond donors (Lipinski definition) is 0. The van der Waals surface area contributed by atoms with Crippen molar-refractivity contribution in [2.45, 2.75) is 0 Å². The van der Waals surface area contributed by atoms with Crippen LogP contribution in [-0.4, -0.2) is 14.6 Å². The minimum atomic E-state index is 0.838. The highest BCUT2D eigenvalue weighted by Crippen LogP contribution is 2.36. The minimum absolute atomic E-state index is 0.838. The molecular formula is C36H22BrN3. The predicted molar refractivity (Wildman–Crippen MR) is 170 cm³/mol. The Morgan fingerprint density at radius 3 is 1.95 bits per heavy atom. The van der Waals surface area contributed by atoms with E-state index in [9.17, 15) is 0 Å². The molecule has 0 aliphatic rings. The Morgan fingerprint density at radius 1 is 0.475 bits per heavy atom. The van der Waals surface area contributed by atoms with Crippen LogP contribution in [0.1, 0.15) is 0 Å². The van der Waals surface area contributed by atoms with Gasteiger partial charge in [0.15, 0.2) is 11.5 Å². The van der Waals surface area contributed by atoms with Crippen molar-refractivity contribution in [1.82, 2.24) is 14.6 Å². The van der Waals surface area contributed by atoms with Crippen LogP contribution in [-0.2, 0) is 0 Å². The monoisotopic (exact) mass is 575 g/mol. The molecule has 0 aliphatic carbocycles. The summed E-state index contributed by atoms with van der Waals surface area (Å²) in [5.74, 6) is 0.838. The molecule has 2 aromatic heterocycles. The Labute approximate surface area is 239 Å². The second-order valence-corrected chi connectivity index (χ2v) is 11.0. The summed E-state index contributed by atoms with van der Waals surface area (Å²) in [6.45, 7) is 0. The fourth-order valence-electron chi connectivity index (χ4n) is 5.83. The number of aromatic nitrogens is 3. The van der Waals surface area contributed by atoms with E-state index in [-0.39, 0.29) is 0 Å². The molecule has 0 radical (unpaired) electrons. The van der Waals surface area contributed by atoms with E-state index >= 15 is 0 Å². The Morgan fingerprint density at radius 2 is 1.12 bits per heavy atom. The number of benzene rings is 6. The average Bonchev–Trinajstić information content (AvgIpc) is 3.47. The summed E-state index contributed by atoms with van der Waals surface area (Å²) in [5, 5.41) is 15.2. The summed E-state index contributed by atoms with van der Waals surface area (Å²) < 4.78 is 3.23. The van der Waals surface area contributed by atoms with Crippen molar-refractivity contribution in [2.24, 2.45) is 0 Å². The molecule has 2 heterocycles. The molecule has 0 unspecified atom stereocenters. The summed E-state index contributed by atoms with van der Waals surface area (Å²) in [5.41, 5.74) is 7.83. The van der Waals surface area contributed by atoms with Crippen molar-refractivity contribution in [3.8, 4) is 33.6 Å². The van der Waals surface area contributed by atoms with Crippen LogP contribution in [0, 0.1) is 0 Å². The van der Waals surface area contributed by atoms with Crippen LogP contribution in [0.25, 0.3) is 71.7 Å². The van der Waals surface area contributed by atoms with Gasteiger partial charge in [0.05, 0.1) is 5.52 Å². The molecule has 0 saturated heterocycles. The van der Waals surface area contributed by atoms with E-state index in [2.05, 4.69) is 152 Å². The molecule has 0 aliphatic heterocycles. The molecule has 0 bridgehead atoms. The molecular weight excluding hydrogens is 554 g/mol. The van der Waals surface area contributed by atoms with Crippen LogP contribution < -0.4 is 0 Å². The normalized spacial score (nSPS) is 11.6. The molecule has 0 saturated carbocycles. The van der Waals surface area contributed by atoms with Gasteiger partial charge in [0.2, 0.25) is 0 Å². The Balaban J connectivity index is 1.30. The molecule has 0 atom stereocenters. The highest BCUT2D eigenvalue weighted by Gasteiger charge is 2.16. The fraction of sp³-hybridized carbons (Fsp3) is 0. The van der Waals surface area contributed by atoms with E-state index in [1.54, 1.807) is 0 Å². The second-order valence-electron chi connectivity index (χ2n) is 10.1. The number of halogens is 1. The van der Waals surface area contributed by atoms with Crippen LogP contribution in [0.5, 0.6) is 0 Å². The summed E-state index contributed by atoms with van der Waals surface area (Å²) in [4.78, 5) is 0. The van der Waals surface area contributed by atoms with Crippen molar-refractivity contribution in [3.05, 3.63) is 138 Å². The van der Waals surface area contributed by atoms with E-state index in [1.807, 2.05) is 12.1 Å². The van der Waals surface area contributed by atoms with Gasteiger partial charge >= 0.3 is 0 Å². The maximum absolute atomic E-state index is 4.64. The average molecular weight is 576 g/mol. The number of pyridine rings is 1. The van der Waals surface area contributed by atoms with Gasteiger partial charge in [0, 0.05) is 20.8 Å². The quantitative estimate of drug-likeness (QED) is 0.196. The molecule has 4 heteroatoms. The fourth-order valence-corrected chi connectivity index (χ4v) is 6.10. The number of rotatable bonds is 3. The van der Waals surface area contributed by atoms with E-state index in [0.717, 1.165) is 32.4 Å². The molecule has 188 valence electrons. The lowest BCUT2D eigenvalue weighted by atomic mass is 9.95. The molecule has 40 heavy (non-hydrogen) atoms. The highest BCUT2D eigenvalue weighted by atomic mass is 79.9. The molecule has 8 rings (SSSR count). The third-order valence-corrected chi connectivity index (χ3v) is 8.31. The van der Waals surface area contributed by atoms with Crippen LogP contribution >= 0.6 is 15.9 Å². The first-order valence-corrected chi connectivity index (χ1v) is 14.1. The minimum Gasteiger partial charge on any atom is -0.274 e. The van der Waals surface area contributed by atoms with Crippen molar-refractivity contribution in [1.29, 1.82) is 0 Å². The van der Waals surface area contributed by atoms with E-state index < -0.39 is 0 Å². The lowest BCUT2D eigenvalue weighted by Gasteiger charge is -2.12. The lowest BCUT2D eigenvalue weighted by molar-refractivity contribution is 1.12. The topological polar surface area (TPSA) is 30.2 Å². The van der Waals surface area contributed by atoms with Gasteiger partial charge in [-0.1, -0.05) is 125 Å². The van der Waals surface area contributed by atoms with E-state index in [4.69, 9.17) is 0 Å². The van der Waals surface area contributed by atoms with Gasteiger partial charge in [0.1, 0.15) is 0 Å². The number of nitrogens with zero attached hydrogens (tertiary/aromatic N) is 3. The highest BCUT2D eigenvalue weighted by molar-refractivity contribution is 9.10. The molecule has 0 spiro atoms. The van der Waals surface area contributed by atoms with Gasteiger partial charge in [-0.3, -0.25) is 4.40 Å². The first-order valence-electron chi connectivity index (χ1n) is 13.3. The summed E-state index contributed by atoms with van der Waals surface area (Å²) in [7, 11) is 0. The largest absolute Gasteiger partial charge is 0.274 e. The maximum atomic E-state index is 4.64. The summed E-state index contributed by atoms with van der Waals surface area (Å²) in [6, 6.07) is 47.4. The van der Waals surface area contributed by atoms with Gasteiger partial charge < -0.3 is 0 Å². The predicted octanol–water partition coefficient (Wildman–Crippen LogP) is 9.95. The van der Waals surface area contributed by atoms with Crippen LogP contribution in [0.3, 0.4) is 0 Å². The second kappa shape index (κ2) is 9.15. The van der Waals surface area contributed by atoms with Gasteiger partial charge in [-0.2, -0.15) is 0 Å². The first-order chi connectivity index (χ1) is 19.7. The van der Waals surface area contributed by atoms with Gasteiger partial charge in [-0.15, -0.1) is 10.2 Å². The standard InChI is InChI=1S/C36H22BrN3/c37-28-19-16-26(17-20-28)35-38-39-36-32-10-4-3-9-31(32)33-22-27(18-21-34(33)40(35)36)23-12-14-25(15-13-23)30-11-5-7-24-6-1-2-8-29(24)30/h1-22H. The van der Waals surface area contributed by atoms with Crippen LogP contribution in [0.2, 0.25) is 0 Å². The third kappa shape index (κ3) is 3.64. The molecule has 3 nitrogen and oxygen atoms in total. The van der Waals surface area contributed by atoms with E-state index in [0.29, 0.717) is 0 Å².